The Balaban J connectivity index is 1.56. The van der Waals surface area contributed by atoms with Crippen LogP contribution in [0.2, 0.25) is 0 Å². The Morgan fingerprint density at radius 3 is 2.71 bits per heavy atom. The molecule has 3 aromatic rings. The molecule has 0 atom stereocenters. The zero-order valence-electron chi connectivity index (χ0n) is 16.0. The lowest BCUT2D eigenvalue weighted by Crippen LogP contribution is -2.37. The number of H-pyrrole nitrogens is 2. The summed E-state index contributed by atoms with van der Waals surface area (Å²) in [4.78, 5) is 41.2. The van der Waals surface area contributed by atoms with Gasteiger partial charge in [0.2, 0.25) is 0 Å². The van der Waals surface area contributed by atoms with Gasteiger partial charge in [-0.2, -0.15) is 4.98 Å². The standard InChI is InChI=1S/C21H23N5O2/c1-13(2)10-15-11-17(25-21(28)22-15)20(27)26-9-8-16-18(12-26)24-19(23-16)14-6-4-3-5-7-14/h3-7,11,13H,8-10,12H2,1-2H3,(H,23,24)(H,22,25,28). The lowest BCUT2D eigenvalue weighted by atomic mass is 10.1. The van der Waals surface area contributed by atoms with Crippen molar-refractivity contribution in [3.05, 3.63) is 69.7 Å². The van der Waals surface area contributed by atoms with Gasteiger partial charge >= 0.3 is 5.69 Å². The molecule has 1 aromatic carbocycles. The molecule has 0 unspecified atom stereocenters. The Kier molecular flexibility index (Phi) is 4.81. The number of aromatic amines is 2. The van der Waals surface area contributed by atoms with Gasteiger partial charge in [-0.15, -0.1) is 0 Å². The summed E-state index contributed by atoms with van der Waals surface area (Å²) in [5.41, 5.74) is 3.40. The van der Waals surface area contributed by atoms with Crippen LogP contribution in [-0.4, -0.2) is 37.3 Å². The number of aromatic nitrogens is 4. The van der Waals surface area contributed by atoms with Gasteiger partial charge in [-0.25, -0.2) is 9.78 Å². The van der Waals surface area contributed by atoms with Crippen LogP contribution in [0.15, 0.2) is 41.2 Å². The minimum atomic E-state index is -0.480. The number of rotatable bonds is 4. The van der Waals surface area contributed by atoms with Gasteiger partial charge in [-0.1, -0.05) is 44.2 Å². The van der Waals surface area contributed by atoms with Crippen molar-refractivity contribution in [3.8, 4) is 11.4 Å². The highest BCUT2D eigenvalue weighted by Crippen LogP contribution is 2.23. The summed E-state index contributed by atoms with van der Waals surface area (Å²) < 4.78 is 0. The van der Waals surface area contributed by atoms with Gasteiger partial charge in [0.05, 0.1) is 17.9 Å². The van der Waals surface area contributed by atoms with Gasteiger partial charge in [0, 0.05) is 24.2 Å². The van der Waals surface area contributed by atoms with Crippen molar-refractivity contribution >= 4 is 5.91 Å². The summed E-state index contributed by atoms with van der Waals surface area (Å²) in [5.74, 6) is 0.964. The highest BCUT2D eigenvalue weighted by molar-refractivity contribution is 5.92. The number of carbonyl (C=O) groups is 1. The number of carbonyl (C=O) groups excluding carboxylic acids is 1. The Bertz CT molecular complexity index is 1050. The zero-order chi connectivity index (χ0) is 19.7. The van der Waals surface area contributed by atoms with Crippen LogP contribution in [0.1, 0.15) is 41.4 Å². The molecule has 7 nitrogen and oxygen atoms in total. The number of amides is 1. The van der Waals surface area contributed by atoms with E-state index in [2.05, 4.69) is 33.8 Å². The third kappa shape index (κ3) is 3.74. The van der Waals surface area contributed by atoms with Crippen LogP contribution in [0.4, 0.5) is 0 Å². The minimum absolute atomic E-state index is 0.200. The van der Waals surface area contributed by atoms with Crippen LogP contribution in [0, 0.1) is 5.92 Å². The molecule has 0 bridgehead atoms. The molecule has 0 aliphatic carbocycles. The highest BCUT2D eigenvalue weighted by Gasteiger charge is 2.26. The normalized spacial score (nSPS) is 13.6. The molecule has 4 rings (SSSR count). The van der Waals surface area contributed by atoms with Crippen molar-refractivity contribution in [2.75, 3.05) is 6.54 Å². The van der Waals surface area contributed by atoms with Crippen molar-refractivity contribution in [1.82, 2.24) is 24.8 Å². The van der Waals surface area contributed by atoms with E-state index < -0.39 is 5.69 Å². The van der Waals surface area contributed by atoms with E-state index in [0.717, 1.165) is 28.5 Å². The fraction of sp³-hybridized carbons (Fsp3) is 0.333. The van der Waals surface area contributed by atoms with Gasteiger partial charge in [-0.3, -0.25) is 4.79 Å². The first kappa shape index (κ1) is 18.2. The summed E-state index contributed by atoms with van der Waals surface area (Å²) >= 11 is 0. The van der Waals surface area contributed by atoms with Crippen molar-refractivity contribution < 1.29 is 4.79 Å². The van der Waals surface area contributed by atoms with Crippen LogP contribution >= 0.6 is 0 Å². The smallest absolute Gasteiger partial charge is 0.340 e. The van der Waals surface area contributed by atoms with Crippen molar-refractivity contribution in [2.24, 2.45) is 5.92 Å². The highest BCUT2D eigenvalue weighted by atomic mass is 16.2. The van der Waals surface area contributed by atoms with Crippen LogP contribution in [0.25, 0.3) is 11.4 Å². The molecule has 0 spiro atoms. The van der Waals surface area contributed by atoms with Crippen molar-refractivity contribution in [1.29, 1.82) is 0 Å². The number of benzene rings is 1. The van der Waals surface area contributed by atoms with E-state index in [-0.39, 0.29) is 11.6 Å². The quantitative estimate of drug-likeness (QED) is 0.730. The number of fused-ring (bicyclic) bond motifs is 1. The molecule has 2 N–H and O–H groups in total. The van der Waals surface area contributed by atoms with Gasteiger partial charge in [-0.05, 0) is 18.4 Å². The van der Waals surface area contributed by atoms with E-state index in [1.165, 1.54) is 0 Å². The molecule has 1 amide bonds. The molecule has 0 radical (unpaired) electrons. The van der Waals surface area contributed by atoms with E-state index in [1.54, 1.807) is 11.0 Å². The van der Waals surface area contributed by atoms with E-state index in [4.69, 9.17) is 0 Å². The average Bonchev–Trinajstić information content (AvgIpc) is 3.10. The number of nitrogens with one attached hydrogen (secondary N) is 2. The number of imidazole rings is 1. The molecule has 0 saturated carbocycles. The first-order chi connectivity index (χ1) is 13.5. The Labute approximate surface area is 162 Å². The van der Waals surface area contributed by atoms with Crippen molar-refractivity contribution in [3.63, 3.8) is 0 Å². The van der Waals surface area contributed by atoms with E-state index in [1.807, 2.05) is 30.3 Å². The fourth-order valence-electron chi connectivity index (χ4n) is 3.53. The maximum absolute atomic E-state index is 13.0. The predicted octanol–water partition coefficient (Wildman–Crippen LogP) is 2.56. The molecule has 7 heteroatoms. The molecular formula is C21H23N5O2. The molecule has 28 heavy (non-hydrogen) atoms. The molecular weight excluding hydrogens is 354 g/mol. The zero-order valence-corrected chi connectivity index (χ0v) is 16.0. The number of hydrogen-bond donors (Lipinski definition) is 2. The number of hydrogen-bond acceptors (Lipinski definition) is 4. The Morgan fingerprint density at radius 2 is 1.96 bits per heavy atom. The summed E-state index contributed by atoms with van der Waals surface area (Å²) in [5, 5.41) is 0. The molecule has 3 heterocycles. The first-order valence-electron chi connectivity index (χ1n) is 9.52. The molecule has 144 valence electrons. The average molecular weight is 377 g/mol. The van der Waals surface area contributed by atoms with Gasteiger partial charge in [0.1, 0.15) is 11.5 Å². The predicted molar refractivity (Wildman–Crippen MR) is 106 cm³/mol. The third-order valence-corrected chi connectivity index (χ3v) is 4.81. The fourth-order valence-corrected chi connectivity index (χ4v) is 3.53. The summed E-state index contributed by atoms with van der Waals surface area (Å²) in [6.07, 6.45) is 1.37. The Hall–Kier alpha value is -3.22. The second-order valence-corrected chi connectivity index (χ2v) is 7.55. The molecule has 0 saturated heterocycles. The Morgan fingerprint density at radius 1 is 1.18 bits per heavy atom. The minimum Gasteiger partial charge on any atom is -0.340 e. The lowest BCUT2D eigenvalue weighted by Gasteiger charge is -2.25. The maximum atomic E-state index is 13.0. The monoisotopic (exact) mass is 377 g/mol. The molecule has 1 aliphatic rings. The lowest BCUT2D eigenvalue weighted by molar-refractivity contribution is 0.0725. The van der Waals surface area contributed by atoms with Crippen LogP contribution in [0.5, 0.6) is 0 Å². The van der Waals surface area contributed by atoms with E-state index in [9.17, 15) is 9.59 Å². The van der Waals surface area contributed by atoms with Crippen molar-refractivity contribution in [2.45, 2.75) is 33.2 Å². The van der Waals surface area contributed by atoms with Crippen LogP contribution in [-0.2, 0) is 19.4 Å². The second-order valence-electron chi connectivity index (χ2n) is 7.55. The topological polar surface area (TPSA) is 94.7 Å². The van der Waals surface area contributed by atoms with Gasteiger partial charge < -0.3 is 14.9 Å². The third-order valence-electron chi connectivity index (χ3n) is 4.81. The SMILES string of the molecule is CC(C)Cc1cc(C(=O)N2CCc3nc(-c4ccccc4)[nH]c3C2)nc(=O)[nH]1. The summed E-state index contributed by atoms with van der Waals surface area (Å²) in [6.45, 7) is 5.12. The summed E-state index contributed by atoms with van der Waals surface area (Å²) in [6, 6.07) is 11.6. The maximum Gasteiger partial charge on any atom is 0.345 e. The molecule has 0 fully saturated rings. The first-order valence-corrected chi connectivity index (χ1v) is 9.52. The largest absolute Gasteiger partial charge is 0.345 e. The van der Waals surface area contributed by atoms with E-state index >= 15 is 0 Å². The van der Waals surface area contributed by atoms with Crippen LogP contribution < -0.4 is 5.69 Å². The second kappa shape index (κ2) is 7.42. The molecule has 1 aliphatic heterocycles. The van der Waals surface area contributed by atoms with Gasteiger partial charge in [0.25, 0.3) is 5.91 Å². The van der Waals surface area contributed by atoms with Crippen LogP contribution in [0.3, 0.4) is 0 Å². The molecule has 2 aromatic heterocycles. The van der Waals surface area contributed by atoms with Gasteiger partial charge in [0.15, 0.2) is 0 Å². The summed E-state index contributed by atoms with van der Waals surface area (Å²) in [7, 11) is 0. The number of nitrogens with zero attached hydrogens (tertiary/aromatic N) is 3. The van der Waals surface area contributed by atoms with E-state index in [0.29, 0.717) is 31.8 Å².